The quantitative estimate of drug-likeness (QED) is 0.902. The zero-order valence-electron chi connectivity index (χ0n) is 11.1. The van der Waals surface area contributed by atoms with Gasteiger partial charge in [-0.3, -0.25) is 0 Å². The number of halogens is 1. The van der Waals surface area contributed by atoms with Crippen LogP contribution in [0.15, 0.2) is 22.7 Å². The molecular weight excluding hydrogens is 288 g/mol. The topological polar surface area (TPSA) is 29.3 Å². The number of hydrogen-bond acceptors (Lipinski definition) is 2. The van der Waals surface area contributed by atoms with E-state index in [4.69, 9.17) is 5.73 Å². The lowest BCUT2D eigenvalue weighted by Crippen LogP contribution is -2.49. The number of fused-ring (bicyclic) bond motifs is 1. The second-order valence-electron chi connectivity index (χ2n) is 5.70. The van der Waals surface area contributed by atoms with E-state index in [2.05, 4.69) is 52.9 Å². The van der Waals surface area contributed by atoms with Gasteiger partial charge in [-0.15, -0.1) is 0 Å². The summed E-state index contributed by atoms with van der Waals surface area (Å²) in [6.07, 6.45) is 2.76. The summed E-state index contributed by atoms with van der Waals surface area (Å²) >= 11 is 3.56. The van der Waals surface area contributed by atoms with Crippen LogP contribution in [-0.2, 0) is 0 Å². The van der Waals surface area contributed by atoms with Crippen LogP contribution in [0, 0.1) is 11.8 Å². The van der Waals surface area contributed by atoms with Crippen LogP contribution >= 0.6 is 15.9 Å². The molecule has 3 rings (SSSR count). The Morgan fingerprint density at radius 1 is 1.39 bits per heavy atom. The highest BCUT2D eigenvalue weighted by atomic mass is 79.9. The van der Waals surface area contributed by atoms with Crippen molar-refractivity contribution in [2.24, 2.45) is 17.6 Å². The van der Waals surface area contributed by atoms with Gasteiger partial charge in [0.15, 0.2) is 0 Å². The maximum absolute atomic E-state index is 6.48. The average Bonchev–Trinajstić information content (AvgIpc) is 3.18. The summed E-state index contributed by atoms with van der Waals surface area (Å²) in [6, 6.07) is 7.37. The van der Waals surface area contributed by atoms with Crippen LogP contribution < -0.4 is 10.6 Å². The number of nitrogens with zero attached hydrogens (tertiary/aromatic N) is 1. The van der Waals surface area contributed by atoms with Gasteiger partial charge in [-0.1, -0.05) is 22.9 Å². The fourth-order valence-corrected chi connectivity index (χ4v) is 3.88. The predicted octanol–water partition coefficient (Wildman–Crippen LogP) is 3.70. The molecule has 0 aromatic heterocycles. The highest BCUT2D eigenvalue weighted by Gasteiger charge is 2.44. The Kier molecular flexibility index (Phi) is 3.15. The van der Waals surface area contributed by atoms with Gasteiger partial charge in [0.2, 0.25) is 0 Å². The molecule has 3 heteroatoms. The third-order valence-corrected chi connectivity index (χ3v) is 5.06. The first-order chi connectivity index (χ1) is 8.63. The molecule has 3 atom stereocenters. The van der Waals surface area contributed by atoms with E-state index in [0.717, 1.165) is 16.9 Å². The molecule has 2 nitrogen and oxygen atoms in total. The van der Waals surface area contributed by atoms with Crippen molar-refractivity contribution in [3.63, 3.8) is 0 Å². The lowest BCUT2D eigenvalue weighted by atomic mass is 9.80. The molecule has 1 aliphatic heterocycles. The molecule has 1 heterocycles. The standard InChI is InChI=1S/C15H21BrN2/c1-3-18-13-7-6-11(16)8-12(13)14(17)9(2)15(18)10-4-5-10/h6-10,14-15H,3-5,17H2,1-2H3. The number of hydrogen-bond donors (Lipinski definition) is 1. The van der Waals surface area contributed by atoms with Crippen molar-refractivity contribution in [3.8, 4) is 0 Å². The Bertz CT molecular complexity index is 456. The van der Waals surface area contributed by atoms with Gasteiger partial charge >= 0.3 is 0 Å². The number of rotatable bonds is 2. The molecule has 1 aromatic rings. The summed E-state index contributed by atoms with van der Waals surface area (Å²) in [4.78, 5) is 2.58. The highest BCUT2D eigenvalue weighted by molar-refractivity contribution is 9.10. The van der Waals surface area contributed by atoms with Crippen molar-refractivity contribution in [1.82, 2.24) is 0 Å². The van der Waals surface area contributed by atoms with Crippen LogP contribution in [-0.4, -0.2) is 12.6 Å². The molecule has 0 spiro atoms. The molecule has 1 saturated carbocycles. The van der Waals surface area contributed by atoms with E-state index in [1.165, 1.54) is 24.1 Å². The summed E-state index contributed by atoms with van der Waals surface area (Å²) in [5, 5.41) is 0. The molecule has 0 amide bonds. The van der Waals surface area contributed by atoms with E-state index >= 15 is 0 Å². The van der Waals surface area contributed by atoms with Crippen LogP contribution in [0.3, 0.4) is 0 Å². The second-order valence-corrected chi connectivity index (χ2v) is 6.62. The van der Waals surface area contributed by atoms with Crippen molar-refractivity contribution < 1.29 is 0 Å². The first-order valence-electron chi connectivity index (χ1n) is 6.95. The normalized spacial score (nSPS) is 31.3. The largest absolute Gasteiger partial charge is 0.368 e. The van der Waals surface area contributed by atoms with Crippen LogP contribution in [0.4, 0.5) is 5.69 Å². The molecule has 2 aliphatic rings. The Morgan fingerprint density at radius 3 is 2.72 bits per heavy atom. The molecule has 1 aliphatic carbocycles. The molecule has 0 saturated heterocycles. The molecule has 0 radical (unpaired) electrons. The van der Waals surface area contributed by atoms with Crippen molar-refractivity contribution in [2.45, 2.75) is 38.8 Å². The molecule has 3 unspecified atom stereocenters. The summed E-state index contributed by atoms with van der Waals surface area (Å²) in [5.41, 5.74) is 9.14. The Labute approximate surface area is 118 Å². The van der Waals surface area contributed by atoms with Gasteiger partial charge < -0.3 is 10.6 Å². The highest BCUT2D eigenvalue weighted by Crippen LogP contribution is 2.48. The zero-order chi connectivity index (χ0) is 12.9. The van der Waals surface area contributed by atoms with Gasteiger partial charge in [0.1, 0.15) is 0 Å². The Hall–Kier alpha value is -0.540. The van der Waals surface area contributed by atoms with Crippen LogP contribution in [0.5, 0.6) is 0 Å². The predicted molar refractivity (Wildman–Crippen MR) is 79.8 cm³/mol. The minimum Gasteiger partial charge on any atom is -0.368 e. The van der Waals surface area contributed by atoms with Gasteiger partial charge in [-0.25, -0.2) is 0 Å². The minimum absolute atomic E-state index is 0.172. The average molecular weight is 309 g/mol. The molecule has 0 bridgehead atoms. The summed E-state index contributed by atoms with van der Waals surface area (Å²) in [5.74, 6) is 1.40. The molecule has 2 N–H and O–H groups in total. The fraction of sp³-hybridized carbons (Fsp3) is 0.600. The van der Waals surface area contributed by atoms with Crippen LogP contribution in [0.1, 0.15) is 38.3 Å². The van der Waals surface area contributed by atoms with E-state index in [1.54, 1.807) is 0 Å². The van der Waals surface area contributed by atoms with E-state index in [1.807, 2.05) is 0 Å². The van der Waals surface area contributed by atoms with E-state index in [-0.39, 0.29) is 6.04 Å². The lowest BCUT2D eigenvalue weighted by molar-refractivity contribution is 0.319. The minimum atomic E-state index is 0.172. The van der Waals surface area contributed by atoms with Crippen molar-refractivity contribution in [3.05, 3.63) is 28.2 Å². The van der Waals surface area contributed by atoms with E-state index in [9.17, 15) is 0 Å². The smallest absolute Gasteiger partial charge is 0.0418 e. The molecule has 18 heavy (non-hydrogen) atoms. The summed E-state index contributed by atoms with van der Waals surface area (Å²) in [7, 11) is 0. The van der Waals surface area contributed by atoms with E-state index < -0.39 is 0 Å². The van der Waals surface area contributed by atoms with Gasteiger partial charge in [-0.05, 0) is 55.4 Å². The number of anilines is 1. The fourth-order valence-electron chi connectivity index (χ4n) is 3.50. The maximum Gasteiger partial charge on any atom is 0.0418 e. The van der Waals surface area contributed by atoms with E-state index in [0.29, 0.717) is 12.0 Å². The van der Waals surface area contributed by atoms with Crippen LogP contribution in [0.25, 0.3) is 0 Å². The lowest BCUT2D eigenvalue weighted by Gasteiger charge is -2.45. The molecule has 1 fully saturated rings. The third-order valence-electron chi connectivity index (χ3n) is 4.57. The first kappa shape index (κ1) is 12.5. The Morgan fingerprint density at radius 2 is 2.11 bits per heavy atom. The zero-order valence-corrected chi connectivity index (χ0v) is 12.7. The summed E-state index contributed by atoms with van der Waals surface area (Å²) in [6.45, 7) is 5.65. The maximum atomic E-state index is 6.48. The van der Waals surface area contributed by atoms with Crippen molar-refractivity contribution in [1.29, 1.82) is 0 Å². The summed E-state index contributed by atoms with van der Waals surface area (Å²) < 4.78 is 1.13. The van der Waals surface area contributed by atoms with Crippen LogP contribution in [0.2, 0.25) is 0 Å². The third kappa shape index (κ3) is 1.88. The molecule has 1 aromatic carbocycles. The first-order valence-corrected chi connectivity index (χ1v) is 7.74. The number of nitrogens with two attached hydrogens (primary N) is 1. The van der Waals surface area contributed by atoms with Crippen molar-refractivity contribution >= 4 is 21.6 Å². The van der Waals surface area contributed by atoms with Gasteiger partial charge in [0.05, 0.1) is 0 Å². The Balaban J connectivity index is 2.07. The monoisotopic (exact) mass is 308 g/mol. The number of benzene rings is 1. The second kappa shape index (κ2) is 4.53. The van der Waals surface area contributed by atoms with Crippen molar-refractivity contribution in [2.75, 3.05) is 11.4 Å². The van der Waals surface area contributed by atoms with Gasteiger partial charge in [0, 0.05) is 28.8 Å². The molecule has 98 valence electrons. The SMILES string of the molecule is CCN1c2ccc(Br)cc2C(N)C(C)C1C1CC1. The van der Waals surface area contributed by atoms with Gasteiger partial charge in [0.25, 0.3) is 0 Å². The van der Waals surface area contributed by atoms with Gasteiger partial charge in [-0.2, -0.15) is 0 Å². The molecular formula is C15H21BrN2.